The van der Waals surface area contributed by atoms with Crippen molar-refractivity contribution in [3.05, 3.63) is 18.2 Å². The molecule has 21 heavy (non-hydrogen) atoms. The molecule has 2 N–H and O–H groups in total. The van der Waals surface area contributed by atoms with Crippen molar-refractivity contribution in [3.8, 4) is 5.75 Å². The van der Waals surface area contributed by atoms with Gasteiger partial charge in [-0.05, 0) is 18.2 Å². The number of benzene rings is 1. The van der Waals surface area contributed by atoms with Gasteiger partial charge in [0.2, 0.25) is 10.0 Å². The number of hydrogen-bond acceptors (Lipinski definition) is 6. The van der Waals surface area contributed by atoms with Crippen LogP contribution >= 0.6 is 0 Å². The van der Waals surface area contributed by atoms with E-state index in [1.807, 2.05) is 0 Å². The zero-order valence-corrected chi connectivity index (χ0v) is 13.3. The van der Waals surface area contributed by atoms with E-state index in [-0.39, 0.29) is 17.1 Å². The highest BCUT2D eigenvalue weighted by Crippen LogP contribution is 2.26. The predicted molar refractivity (Wildman–Crippen MR) is 78.4 cm³/mol. The molecule has 0 saturated carbocycles. The molecule has 1 rings (SSSR count). The third-order valence-electron chi connectivity index (χ3n) is 3.04. The van der Waals surface area contributed by atoms with Crippen LogP contribution in [0.3, 0.4) is 0 Å². The summed E-state index contributed by atoms with van der Waals surface area (Å²) in [5.41, 5.74) is 5.95. The molecule has 1 unspecified atom stereocenters. The third kappa shape index (κ3) is 3.85. The Balaban J connectivity index is 2.99. The number of anilines is 1. The highest BCUT2D eigenvalue weighted by molar-refractivity contribution is 7.89. The molecule has 1 atom stereocenters. The molecule has 0 aromatic heterocycles. The first-order valence-corrected chi connectivity index (χ1v) is 7.65. The molecule has 0 saturated heterocycles. The van der Waals surface area contributed by atoms with E-state index in [0.29, 0.717) is 5.75 Å². The van der Waals surface area contributed by atoms with Gasteiger partial charge in [-0.1, -0.05) is 6.92 Å². The quantitative estimate of drug-likeness (QED) is 0.613. The minimum atomic E-state index is -3.73. The number of esters is 1. The van der Waals surface area contributed by atoms with Crippen LogP contribution in [-0.4, -0.2) is 46.5 Å². The lowest BCUT2D eigenvalue weighted by atomic mass is 10.2. The largest absolute Gasteiger partial charge is 0.495 e. The van der Waals surface area contributed by atoms with Gasteiger partial charge in [0.05, 0.1) is 30.7 Å². The molecule has 118 valence electrons. The van der Waals surface area contributed by atoms with Crippen molar-refractivity contribution in [3.63, 3.8) is 0 Å². The van der Waals surface area contributed by atoms with Crippen LogP contribution in [0, 0.1) is 5.92 Å². The molecule has 0 heterocycles. The van der Waals surface area contributed by atoms with E-state index >= 15 is 0 Å². The first-order chi connectivity index (χ1) is 9.73. The van der Waals surface area contributed by atoms with Crippen molar-refractivity contribution in [2.75, 3.05) is 33.5 Å². The Morgan fingerprint density at radius 1 is 1.38 bits per heavy atom. The second-order valence-electron chi connectivity index (χ2n) is 4.61. The summed E-state index contributed by atoms with van der Waals surface area (Å²) in [6.07, 6.45) is 0. The summed E-state index contributed by atoms with van der Waals surface area (Å²) >= 11 is 0. The van der Waals surface area contributed by atoms with Gasteiger partial charge in [-0.3, -0.25) is 4.79 Å². The van der Waals surface area contributed by atoms with Crippen molar-refractivity contribution < 1.29 is 22.7 Å². The minimum Gasteiger partial charge on any atom is -0.495 e. The molecule has 0 spiro atoms. The van der Waals surface area contributed by atoms with Gasteiger partial charge in [-0.2, -0.15) is 0 Å². The molecule has 0 bridgehead atoms. The normalized spacial score (nSPS) is 13.0. The van der Waals surface area contributed by atoms with E-state index in [0.717, 1.165) is 4.31 Å². The van der Waals surface area contributed by atoms with Crippen LogP contribution in [0.1, 0.15) is 6.92 Å². The summed E-state index contributed by atoms with van der Waals surface area (Å²) in [6.45, 7) is 1.61. The summed E-state index contributed by atoms with van der Waals surface area (Å²) < 4.78 is 35.5. The van der Waals surface area contributed by atoms with Gasteiger partial charge in [0.1, 0.15) is 5.75 Å². The Kier molecular flexibility index (Phi) is 5.56. The topological polar surface area (TPSA) is 98.9 Å². The zero-order chi connectivity index (χ0) is 16.2. The number of carbonyl (C=O) groups excluding carboxylic acids is 1. The SMILES string of the molecule is COC(=O)C(C)CN(C)S(=O)(=O)c1ccc(OC)c(N)c1. The molecule has 8 heteroatoms. The molecule has 7 nitrogen and oxygen atoms in total. The fourth-order valence-electron chi connectivity index (χ4n) is 1.81. The highest BCUT2D eigenvalue weighted by Gasteiger charge is 2.25. The molecule has 1 aromatic rings. The van der Waals surface area contributed by atoms with E-state index in [1.54, 1.807) is 6.92 Å². The number of nitrogen functional groups attached to an aromatic ring is 1. The van der Waals surface area contributed by atoms with Crippen LogP contribution in [0.25, 0.3) is 0 Å². The molecular weight excluding hydrogens is 296 g/mol. The number of ether oxygens (including phenoxy) is 2. The number of nitrogens with zero attached hydrogens (tertiary/aromatic N) is 1. The van der Waals surface area contributed by atoms with E-state index in [2.05, 4.69) is 4.74 Å². The summed E-state index contributed by atoms with van der Waals surface area (Å²) in [5.74, 6) is -0.629. The second kappa shape index (κ2) is 6.77. The van der Waals surface area contributed by atoms with Gasteiger partial charge in [0, 0.05) is 13.6 Å². The van der Waals surface area contributed by atoms with Crippen LogP contribution in [0.2, 0.25) is 0 Å². The van der Waals surface area contributed by atoms with E-state index in [1.165, 1.54) is 39.5 Å². The van der Waals surface area contributed by atoms with Crippen molar-refractivity contribution in [2.45, 2.75) is 11.8 Å². The Morgan fingerprint density at radius 3 is 2.48 bits per heavy atom. The lowest BCUT2D eigenvalue weighted by Gasteiger charge is -2.20. The van der Waals surface area contributed by atoms with Crippen LogP contribution in [-0.2, 0) is 19.6 Å². The number of sulfonamides is 1. The van der Waals surface area contributed by atoms with Crippen LogP contribution in [0.15, 0.2) is 23.1 Å². The van der Waals surface area contributed by atoms with Gasteiger partial charge in [-0.25, -0.2) is 12.7 Å². The van der Waals surface area contributed by atoms with E-state index < -0.39 is 21.9 Å². The Morgan fingerprint density at radius 2 is 2.00 bits per heavy atom. The van der Waals surface area contributed by atoms with Gasteiger partial charge < -0.3 is 15.2 Å². The molecule has 0 aliphatic carbocycles. The molecule has 0 aliphatic rings. The predicted octanol–water partition coefficient (Wildman–Crippen LogP) is 0.707. The zero-order valence-electron chi connectivity index (χ0n) is 12.5. The number of nitrogens with two attached hydrogens (primary N) is 1. The number of hydrogen-bond donors (Lipinski definition) is 1. The molecular formula is C13H20N2O5S. The smallest absolute Gasteiger partial charge is 0.309 e. The number of methoxy groups -OCH3 is 2. The second-order valence-corrected chi connectivity index (χ2v) is 6.66. The molecule has 1 aromatic carbocycles. The summed E-state index contributed by atoms with van der Waals surface area (Å²) in [7, 11) is 0.375. The lowest BCUT2D eigenvalue weighted by molar-refractivity contribution is -0.144. The maximum Gasteiger partial charge on any atom is 0.309 e. The molecule has 0 radical (unpaired) electrons. The Bertz CT molecular complexity index is 615. The van der Waals surface area contributed by atoms with Gasteiger partial charge in [0.25, 0.3) is 0 Å². The van der Waals surface area contributed by atoms with E-state index in [9.17, 15) is 13.2 Å². The Labute approximate surface area is 124 Å². The van der Waals surface area contributed by atoms with Gasteiger partial charge >= 0.3 is 5.97 Å². The average Bonchev–Trinajstić information content (AvgIpc) is 2.45. The van der Waals surface area contributed by atoms with Crippen molar-refractivity contribution in [1.82, 2.24) is 4.31 Å². The summed E-state index contributed by atoms with van der Waals surface area (Å²) in [6, 6.07) is 4.22. The first kappa shape index (κ1) is 17.3. The summed E-state index contributed by atoms with van der Waals surface area (Å²) in [4.78, 5) is 11.4. The standard InChI is InChI=1S/C13H20N2O5S/c1-9(13(16)20-4)8-15(2)21(17,18)10-5-6-12(19-3)11(14)7-10/h5-7,9H,8,14H2,1-4H3. The first-order valence-electron chi connectivity index (χ1n) is 6.21. The maximum absolute atomic E-state index is 12.4. The fraction of sp³-hybridized carbons (Fsp3) is 0.462. The maximum atomic E-state index is 12.4. The lowest BCUT2D eigenvalue weighted by Crippen LogP contribution is -2.34. The minimum absolute atomic E-state index is 0.0148. The van der Waals surface area contributed by atoms with Crippen LogP contribution < -0.4 is 10.5 Å². The third-order valence-corrected chi connectivity index (χ3v) is 4.86. The average molecular weight is 316 g/mol. The molecule has 0 fully saturated rings. The monoisotopic (exact) mass is 316 g/mol. The highest BCUT2D eigenvalue weighted by atomic mass is 32.2. The van der Waals surface area contributed by atoms with Crippen molar-refractivity contribution in [2.24, 2.45) is 5.92 Å². The number of rotatable bonds is 6. The molecule has 0 amide bonds. The van der Waals surface area contributed by atoms with Crippen LogP contribution in [0.5, 0.6) is 5.75 Å². The van der Waals surface area contributed by atoms with Gasteiger partial charge in [-0.15, -0.1) is 0 Å². The van der Waals surface area contributed by atoms with E-state index in [4.69, 9.17) is 10.5 Å². The number of carbonyl (C=O) groups is 1. The van der Waals surface area contributed by atoms with Gasteiger partial charge in [0.15, 0.2) is 0 Å². The summed E-state index contributed by atoms with van der Waals surface area (Å²) in [5, 5.41) is 0. The Hall–Kier alpha value is -1.80. The van der Waals surface area contributed by atoms with Crippen molar-refractivity contribution >= 4 is 21.7 Å². The van der Waals surface area contributed by atoms with Crippen LogP contribution in [0.4, 0.5) is 5.69 Å². The fourth-order valence-corrected chi connectivity index (χ4v) is 3.11. The van der Waals surface area contributed by atoms with Crippen molar-refractivity contribution in [1.29, 1.82) is 0 Å². The molecule has 0 aliphatic heterocycles.